The van der Waals surface area contributed by atoms with Gasteiger partial charge in [-0.1, -0.05) is 35.9 Å². The van der Waals surface area contributed by atoms with Crippen LogP contribution in [0, 0.1) is 26.6 Å². The summed E-state index contributed by atoms with van der Waals surface area (Å²) in [4.78, 5) is 0. The third-order valence-electron chi connectivity index (χ3n) is 3.18. The third-order valence-corrected chi connectivity index (χ3v) is 3.18. The van der Waals surface area contributed by atoms with Crippen molar-refractivity contribution in [2.45, 2.75) is 26.9 Å². The average Bonchev–Trinajstić information content (AvgIpc) is 2.31. The number of aliphatic hydroxyl groups is 1. The summed E-state index contributed by atoms with van der Waals surface area (Å²) < 4.78 is 13.9. The largest absolute Gasteiger partial charge is 0.384 e. The standard InChI is InChI=1S/C16H17FO/c1-10-4-6-12(3)14(8-10)16(18)13-7-5-11(2)9-15(13)17/h4-9,16,18H,1-3H3. The molecule has 2 aromatic rings. The van der Waals surface area contributed by atoms with E-state index in [4.69, 9.17) is 0 Å². The van der Waals surface area contributed by atoms with E-state index < -0.39 is 6.10 Å². The van der Waals surface area contributed by atoms with E-state index >= 15 is 0 Å². The first kappa shape index (κ1) is 12.8. The molecule has 0 saturated carbocycles. The third kappa shape index (κ3) is 2.44. The molecule has 0 amide bonds. The normalized spacial score (nSPS) is 12.5. The highest BCUT2D eigenvalue weighted by Crippen LogP contribution is 2.27. The van der Waals surface area contributed by atoms with Crippen molar-refractivity contribution in [3.63, 3.8) is 0 Å². The number of aryl methyl sites for hydroxylation is 3. The molecule has 0 saturated heterocycles. The Morgan fingerprint density at radius 2 is 1.50 bits per heavy atom. The Morgan fingerprint density at radius 3 is 2.17 bits per heavy atom. The van der Waals surface area contributed by atoms with Gasteiger partial charge in [0.05, 0.1) is 0 Å². The first-order valence-corrected chi connectivity index (χ1v) is 6.00. The lowest BCUT2D eigenvalue weighted by Gasteiger charge is -2.16. The van der Waals surface area contributed by atoms with Crippen molar-refractivity contribution in [2.24, 2.45) is 0 Å². The second-order valence-corrected chi connectivity index (χ2v) is 4.79. The van der Waals surface area contributed by atoms with Crippen molar-refractivity contribution < 1.29 is 9.50 Å². The number of hydrogen-bond acceptors (Lipinski definition) is 1. The fourth-order valence-electron chi connectivity index (χ4n) is 2.08. The van der Waals surface area contributed by atoms with E-state index in [2.05, 4.69) is 0 Å². The van der Waals surface area contributed by atoms with Gasteiger partial charge in [-0.25, -0.2) is 4.39 Å². The Morgan fingerprint density at radius 1 is 0.889 bits per heavy atom. The summed E-state index contributed by atoms with van der Waals surface area (Å²) in [6, 6.07) is 10.7. The lowest BCUT2D eigenvalue weighted by atomic mass is 9.95. The molecule has 0 radical (unpaired) electrons. The van der Waals surface area contributed by atoms with Crippen LogP contribution in [-0.4, -0.2) is 5.11 Å². The molecule has 94 valence electrons. The highest BCUT2D eigenvalue weighted by atomic mass is 19.1. The molecule has 18 heavy (non-hydrogen) atoms. The monoisotopic (exact) mass is 244 g/mol. The van der Waals surface area contributed by atoms with Gasteiger partial charge < -0.3 is 5.11 Å². The molecule has 1 atom stereocenters. The predicted octanol–water partition coefficient (Wildman–Crippen LogP) is 3.83. The molecule has 2 aromatic carbocycles. The van der Waals surface area contributed by atoms with Crippen molar-refractivity contribution in [3.8, 4) is 0 Å². The van der Waals surface area contributed by atoms with Gasteiger partial charge in [0.15, 0.2) is 0 Å². The summed E-state index contributed by atoms with van der Waals surface area (Å²) in [6.45, 7) is 5.71. The Labute approximate surface area is 107 Å². The summed E-state index contributed by atoms with van der Waals surface area (Å²) in [5.41, 5.74) is 3.96. The molecular weight excluding hydrogens is 227 g/mol. The summed E-state index contributed by atoms with van der Waals surface area (Å²) in [7, 11) is 0. The molecule has 0 aliphatic rings. The van der Waals surface area contributed by atoms with Gasteiger partial charge in [0.2, 0.25) is 0 Å². The molecule has 0 spiro atoms. The Bertz CT molecular complexity index is 575. The number of rotatable bonds is 2. The number of aliphatic hydroxyl groups excluding tert-OH is 1. The van der Waals surface area contributed by atoms with Crippen molar-refractivity contribution in [1.29, 1.82) is 0 Å². The van der Waals surface area contributed by atoms with Gasteiger partial charge in [-0.2, -0.15) is 0 Å². The summed E-state index contributed by atoms with van der Waals surface area (Å²) in [6.07, 6.45) is -0.912. The minimum Gasteiger partial charge on any atom is -0.384 e. The Hall–Kier alpha value is -1.67. The van der Waals surface area contributed by atoms with E-state index in [1.807, 2.05) is 45.0 Å². The maximum Gasteiger partial charge on any atom is 0.129 e. The summed E-state index contributed by atoms with van der Waals surface area (Å²) >= 11 is 0. The summed E-state index contributed by atoms with van der Waals surface area (Å²) in [5, 5.41) is 10.3. The molecular formula is C16H17FO. The van der Waals surface area contributed by atoms with Gasteiger partial charge in [-0.15, -0.1) is 0 Å². The lowest BCUT2D eigenvalue weighted by molar-refractivity contribution is 0.214. The van der Waals surface area contributed by atoms with Gasteiger partial charge in [-0.05, 0) is 43.5 Å². The second kappa shape index (κ2) is 4.91. The number of hydrogen-bond donors (Lipinski definition) is 1. The van der Waals surface area contributed by atoms with Crippen LogP contribution in [0.4, 0.5) is 4.39 Å². The molecule has 0 aliphatic heterocycles. The van der Waals surface area contributed by atoms with E-state index in [0.717, 1.165) is 22.3 Å². The van der Waals surface area contributed by atoms with Crippen molar-refractivity contribution in [2.75, 3.05) is 0 Å². The van der Waals surface area contributed by atoms with Crippen LogP contribution in [0.25, 0.3) is 0 Å². The molecule has 0 fully saturated rings. The smallest absolute Gasteiger partial charge is 0.129 e. The van der Waals surface area contributed by atoms with E-state index in [-0.39, 0.29) is 5.82 Å². The van der Waals surface area contributed by atoms with Crippen molar-refractivity contribution in [1.82, 2.24) is 0 Å². The quantitative estimate of drug-likeness (QED) is 0.851. The Kier molecular flexibility index (Phi) is 3.48. The van der Waals surface area contributed by atoms with Crippen molar-refractivity contribution >= 4 is 0 Å². The lowest BCUT2D eigenvalue weighted by Crippen LogP contribution is -2.05. The van der Waals surface area contributed by atoms with Crippen LogP contribution < -0.4 is 0 Å². The second-order valence-electron chi connectivity index (χ2n) is 4.79. The van der Waals surface area contributed by atoms with E-state index in [9.17, 15) is 9.50 Å². The van der Waals surface area contributed by atoms with Crippen LogP contribution in [0.5, 0.6) is 0 Å². The van der Waals surface area contributed by atoms with Crippen LogP contribution in [0.1, 0.15) is 33.9 Å². The molecule has 0 bridgehead atoms. The molecule has 1 N–H and O–H groups in total. The van der Waals surface area contributed by atoms with Gasteiger partial charge in [-0.3, -0.25) is 0 Å². The molecule has 2 heteroatoms. The highest BCUT2D eigenvalue weighted by Gasteiger charge is 2.16. The van der Waals surface area contributed by atoms with E-state index in [0.29, 0.717) is 5.56 Å². The SMILES string of the molecule is Cc1ccc(C(O)c2cc(C)ccc2C)c(F)c1. The molecule has 2 rings (SSSR count). The van der Waals surface area contributed by atoms with Gasteiger partial charge >= 0.3 is 0 Å². The minimum absolute atomic E-state index is 0.328. The fraction of sp³-hybridized carbons (Fsp3) is 0.250. The first-order chi connectivity index (χ1) is 8.49. The zero-order chi connectivity index (χ0) is 13.3. The van der Waals surface area contributed by atoms with E-state index in [1.54, 1.807) is 6.07 Å². The molecule has 0 heterocycles. The van der Waals surface area contributed by atoms with Gasteiger partial charge in [0.25, 0.3) is 0 Å². The van der Waals surface area contributed by atoms with Crippen LogP contribution in [0.3, 0.4) is 0 Å². The van der Waals surface area contributed by atoms with Crippen LogP contribution in [0.15, 0.2) is 36.4 Å². The maximum atomic E-state index is 13.9. The zero-order valence-corrected chi connectivity index (χ0v) is 10.9. The highest BCUT2D eigenvalue weighted by molar-refractivity contribution is 5.38. The van der Waals surface area contributed by atoms with Gasteiger partial charge in [0, 0.05) is 5.56 Å². The van der Waals surface area contributed by atoms with Crippen LogP contribution in [0.2, 0.25) is 0 Å². The van der Waals surface area contributed by atoms with Crippen molar-refractivity contribution in [3.05, 3.63) is 70.0 Å². The van der Waals surface area contributed by atoms with E-state index in [1.165, 1.54) is 6.07 Å². The average molecular weight is 244 g/mol. The number of benzene rings is 2. The molecule has 0 aromatic heterocycles. The summed E-state index contributed by atoms with van der Waals surface area (Å²) in [5.74, 6) is -0.358. The Balaban J connectivity index is 2.47. The zero-order valence-electron chi connectivity index (χ0n) is 10.9. The first-order valence-electron chi connectivity index (χ1n) is 6.00. The molecule has 0 aliphatic carbocycles. The van der Waals surface area contributed by atoms with Crippen LogP contribution >= 0.6 is 0 Å². The predicted molar refractivity (Wildman–Crippen MR) is 71.1 cm³/mol. The fourth-order valence-corrected chi connectivity index (χ4v) is 2.08. The maximum absolute atomic E-state index is 13.9. The minimum atomic E-state index is -0.912. The molecule has 1 unspecified atom stereocenters. The topological polar surface area (TPSA) is 20.2 Å². The van der Waals surface area contributed by atoms with Crippen LogP contribution in [-0.2, 0) is 0 Å². The molecule has 1 nitrogen and oxygen atoms in total. The number of halogens is 1. The van der Waals surface area contributed by atoms with Gasteiger partial charge in [0.1, 0.15) is 11.9 Å².